The van der Waals surface area contributed by atoms with Crippen LogP contribution in [-0.2, 0) is 10.5 Å². The van der Waals surface area contributed by atoms with E-state index < -0.39 is 0 Å². The summed E-state index contributed by atoms with van der Waals surface area (Å²) >= 11 is 1.86. The average Bonchev–Trinajstić information content (AvgIpc) is 3.03. The Morgan fingerprint density at radius 1 is 1.61 bits per heavy atom. The van der Waals surface area contributed by atoms with Crippen LogP contribution >= 0.6 is 11.8 Å². The van der Waals surface area contributed by atoms with Crippen molar-refractivity contribution in [2.24, 2.45) is 0 Å². The minimum Gasteiger partial charge on any atom is -0.380 e. The number of hydrogen-bond donors (Lipinski definition) is 1. The van der Waals surface area contributed by atoms with Gasteiger partial charge in [-0.2, -0.15) is 16.7 Å². The maximum Gasteiger partial charge on any atom is 0.243 e. The Labute approximate surface area is 112 Å². The second kappa shape index (κ2) is 6.54. The molecule has 102 valence electrons. The van der Waals surface area contributed by atoms with Crippen LogP contribution in [0.1, 0.15) is 44.4 Å². The summed E-state index contributed by atoms with van der Waals surface area (Å²) in [5.74, 6) is 2.30. The monoisotopic (exact) mass is 271 g/mol. The number of methoxy groups -OCH3 is 1. The molecule has 0 bridgehead atoms. The Bertz CT molecular complexity index is 372. The number of thioether (sulfide) groups is 1. The lowest BCUT2D eigenvalue weighted by atomic mass is 10.2. The predicted octanol–water partition coefficient (Wildman–Crippen LogP) is 2.15. The van der Waals surface area contributed by atoms with Crippen molar-refractivity contribution < 1.29 is 9.26 Å². The molecule has 0 saturated carbocycles. The molecule has 0 aromatic carbocycles. The van der Waals surface area contributed by atoms with Gasteiger partial charge >= 0.3 is 0 Å². The van der Waals surface area contributed by atoms with Gasteiger partial charge in [-0.1, -0.05) is 19.0 Å². The second-order valence-electron chi connectivity index (χ2n) is 4.63. The molecule has 0 radical (unpaired) electrons. The second-order valence-corrected chi connectivity index (χ2v) is 6.06. The molecule has 1 N–H and O–H groups in total. The van der Waals surface area contributed by atoms with Crippen molar-refractivity contribution in [3.05, 3.63) is 11.7 Å². The van der Waals surface area contributed by atoms with E-state index >= 15 is 0 Å². The van der Waals surface area contributed by atoms with Crippen LogP contribution in [0.15, 0.2) is 4.52 Å². The van der Waals surface area contributed by atoms with Gasteiger partial charge in [-0.25, -0.2) is 0 Å². The summed E-state index contributed by atoms with van der Waals surface area (Å²) in [7, 11) is 1.73. The first-order valence-electron chi connectivity index (χ1n) is 6.43. The topological polar surface area (TPSA) is 60.2 Å². The highest BCUT2D eigenvalue weighted by Gasteiger charge is 2.29. The predicted molar refractivity (Wildman–Crippen MR) is 71.5 cm³/mol. The Balaban J connectivity index is 1.86. The minimum absolute atomic E-state index is 0.143. The molecule has 1 aromatic heterocycles. The number of ether oxygens (including phenoxy) is 1. The van der Waals surface area contributed by atoms with E-state index in [-0.39, 0.29) is 12.1 Å². The van der Waals surface area contributed by atoms with Crippen molar-refractivity contribution in [3.8, 4) is 0 Å². The zero-order chi connectivity index (χ0) is 13.0. The number of rotatable bonds is 6. The molecule has 6 heteroatoms. The average molecular weight is 271 g/mol. The van der Waals surface area contributed by atoms with E-state index in [2.05, 4.69) is 29.3 Å². The van der Waals surface area contributed by atoms with Crippen molar-refractivity contribution >= 4 is 11.8 Å². The van der Waals surface area contributed by atoms with Crippen molar-refractivity contribution in [1.82, 2.24) is 15.5 Å². The molecule has 1 aromatic rings. The van der Waals surface area contributed by atoms with E-state index in [1.165, 1.54) is 0 Å². The van der Waals surface area contributed by atoms with Crippen LogP contribution in [0.2, 0.25) is 0 Å². The lowest BCUT2D eigenvalue weighted by molar-refractivity contribution is 0.116. The molecule has 1 saturated heterocycles. The van der Waals surface area contributed by atoms with E-state index in [1.54, 1.807) is 7.11 Å². The summed E-state index contributed by atoms with van der Waals surface area (Å²) in [6, 6.07) is 0.143. The van der Waals surface area contributed by atoms with Gasteiger partial charge < -0.3 is 14.6 Å². The maximum atomic E-state index is 5.31. The normalized spacial score (nSPS) is 25.5. The Hall–Kier alpha value is -0.590. The SMILES string of the molecule is CCC(C)SCc1noc([C@H]2C[C@H](OC)CN2)n1. The van der Waals surface area contributed by atoms with Crippen LogP contribution in [0.5, 0.6) is 0 Å². The van der Waals surface area contributed by atoms with Crippen molar-refractivity contribution in [2.75, 3.05) is 13.7 Å². The summed E-state index contributed by atoms with van der Waals surface area (Å²) in [4.78, 5) is 4.45. The summed E-state index contributed by atoms with van der Waals surface area (Å²) < 4.78 is 10.6. The zero-order valence-corrected chi connectivity index (χ0v) is 12.0. The van der Waals surface area contributed by atoms with Crippen LogP contribution in [0.3, 0.4) is 0 Å². The van der Waals surface area contributed by atoms with Gasteiger partial charge in [-0.3, -0.25) is 0 Å². The highest BCUT2D eigenvalue weighted by molar-refractivity contribution is 7.99. The molecule has 1 fully saturated rings. The van der Waals surface area contributed by atoms with Crippen molar-refractivity contribution in [1.29, 1.82) is 0 Å². The van der Waals surface area contributed by atoms with E-state index in [0.29, 0.717) is 11.1 Å². The molecule has 1 unspecified atom stereocenters. The van der Waals surface area contributed by atoms with E-state index in [1.807, 2.05) is 11.8 Å². The van der Waals surface area contributed by atoms with Gasteiger partial charge in [-0.15, -0.1) is 0 Å². The van der Waals surface area contributed by atoms with Crippen LogP contribution in [-0.4, -0.2) is 35.1 Å². The van der Waals surface area contributed by atoms with Gasteiger partial charge in [0.1, 0.15) is 0 Å². The molecule has 1 aliphatic rings. The molecule has 0 amide bonds. The first-order chi connectivity index (χ1) is 8.72. The fourth-order valence-electron chi connectivity index (χ4n) is 1.87. The van der Waals surface area contributed by atoms with Gasteiger partial charge in [0.25, 0.3) is 0 Å². The molecule has 2 heterocycles. The third-order valence-corrected chi connectivity index (χ3v) is 4.60. The maximum absolute atomic E-state index is 5.31. The fourth-order valence-corrected chi connectivity index (χ4v) is 2.66. The number of aromatic nitrogens is 2. The van der Waals surface area contributed by atoms with Crippen LogP contribution in [0.4, 0.5) is 0 Å². The van der Waals surface area contributed by atoms with Gasteiger partial charge in [0.05, 0.1) is 17.9 Å². The summed E-state index contributed by atoms with van der Waals surface area (Å²) in [6.07, 6.45) is 2.31. The summed E-state index contributed by atoms with van der Waals surface area (Å²) in [5, 5.41) is 8.00. The quantitative estimate of drug-likeness (QED) is 0.855. The molecule has 5 nitrogen and oxygen atoms in total. The first-order valence-corrected chi connectivity index (χ1v) is 7.48. The highest BCUT2D eigenvalue weighted by atomic mass is 32.2. The zero-order valence-electron chi connectivity index (χ0n) is 11.2. The Kier molecular flexibility index (Phi) is 5.03. The van der Waals surface area contributed by atoms with E-state index in [9.17, 15) is 0 Å². The summed E-state index contributed by atoms with van der Waals surface area (Å²) in [6.45, 7) is 5.25. The third kappa shape index (κ3) is 3.46. The van der Waals surface area contributed by atoms with E-state index in [0.717, 1.165) is 31.0 Å². The van der Waals surface area contributed by atoms with Gasteiger partial charge in [0, 0.05) is 18.9 Å². The lowest BCUT2D eigenvalue weighted by Gasteiger charge is -2.05. The smallest absolute Gasteiger partial charge is 0.243 e. The molecule has 0 aliphatic carbocycles. The van der Waals surface area contributed by atoms with Gasteiger partial charge in [-0.05, 0) is 12.8 Å². The van der Waals surface area contributed by atoms with Crippen LogP contribution in [0.25, 0.3) is 0 Å². The largest absolute Gasteiger partial charge is 0.380 e. The molecular formula is C12H21N3O2S. The van der Waals surface area contributed by atoms with Crippen molar-refractivity contribution in [3.63, 3.8) is 0 Å². The molecular weight excluding hydrogens is 250 g/mol. The molecule has 0 spiro atoms. The van der Waals surface area contributed by atoms with Gasteiger partial charge in [0.15, 0.2) is 5.82 Å². The van der Waals surface area contributed by atoms with Gasteiger partial charge in [0.2, 0.25) is 5.89 Å². The van der Waals surface area contributed by atoms with Crippen molar-refractivity contribution in [2.45, 2.75) is 49.8 Å². The minimum atomic E-state index is 0.143. The van der Waals surface area contributed by atoms with E-state index in [4.69, 9.17) is 9.26 Å². The third-order valence-electron chi connectivity index (χ3n) is 3.28. The fraction of sp³-hybridized carbons (Fsp3) is 0.833. The number of hydrogen-bond acceptors (Lipinski definition) is 6. The summed E-state index contributed by atoms with van der Waals surface area (Å²) in [5.41, 5.74) is 0. The first kappa shape index (κ1) is 13.8. The van der Waals surface area contributed by atoms with Crippen LogP contribution < -0.4 is 5.32 Å². The lowest BCUT2D eigenvalue weighted by Crippen LogP contribution is -2.16. The Morgan fingerprint density at radius 3 is 3.11 bits per heavy atom. The molecule has 18 heavy (non-hydrogen) atoms. The molecule has 1 aliphatic heterocycles. The number of nitrogens with zero attached hydrogens (tertiary/aromatic N) is 2. The Morgan fingerprint density at radius 2 is 2.44 bits per heavy atom. The standard InChI is InChI=1S/C12H21N3O2S/c1-4-8(2)18-7-11-14-12(17-15-11)10-5-9(16-3)6-13-10/h8-10,13H,4-7H2,1-3H3/t8?,9-,10+/m0/s1. The van der Waals surface area contributed by atoms with Crippen LogP contribution in [0, 0.1) is 0 Å². The highest BCUT2D eigenvalue weighted by Crippen LogP contribution is 2.24. The molecule has 3 atom stereocenters. The number of nitrogens with one attached hydrogen (secondary N) is 1. The molecule has 2 rings (SSSR count).